The van der Waals surface area contributed by atoms with Crippen LogP contribution in [0.3, 0.4) is 0 Å². The van der Waals surface area contributed by atoms with Crippen LogP contribution < -0.4 is 5.56 Å². The van der Waals surface area contributed by atoms with Crippen molar-refractivity contribution >= 4 is 15.9 Å². The Kier molecular flexibility index (Phi) is 4.03. The maximum absolute atomic E-state index is 12.1. The Morgan fingerprint density at radius 3 is 2.47 bits per heavy atom. The summed E-state index contributed by atoms with van der Waals surface area (Å²) < 4.78 is 6.01. The van der Waals surface area contributed by atoms with Crippen LogP contribution in [0.1, 0.15) is 61.9 Å². The Bertz CT molecular complexity index is 503. The Hall–Kier alpha value is -0.680. The molecule has 104 valence electrons. The van der Waals surface area contributed by atoms with E-state index in [2.05, 4.69) is 20.9 Å². The molecule has 1 aliphatic heterocycles. The first-order chi connectivity index (χ1) is 9.25. The van der Waals surface area contributed by atoms with Gasteiger partial charge in [0.2, 0.25) is 0 Å². The number of halogens is 1. The Balaban J connectivity index is 1.94. The van der Waals surface area contributed by atoms with Gasteiger partial charge in [0, 0.05) is 25.0 Å². The highest BCUT2D eigenvalue weighted by Gasteiger charge is 2.25. The second-order valence-corrected chi connectivity index (χ2v) is 6.31. The van der Waals surface area contributed by atoms with Crippen molar-refractivity contribution in [1.82, 2.24) is 9.97 Å². The number of nitrogens with zero attached hydrogens (tertiary/aromatic N) is 1. The minimum Gasteiger partial charge on any atom is -0.381 e. The minimum absolute atomic E-state index is 0.0293. The number of ether oxygens (including phenoxy) is 1. The quantitative estimate of drug-likeness (QED) is 0.908. The number of nitrogens with one attached hydrogen (secondary N) is 1. The predicted octanol–water partition coefficient (Wildman–Crippen LogP) is 3.08. The summed E-state index contributed by atoms with van der Waals surface area (Å²) in [6.07, 6.45) is 6.71. The molecule has 1 saturated heterocycles. The van der Waals surface area contributed by atoms with Crippen LogP contribution in [-0.2, 0) is 4.74 Å². The summed E-state index contributed by atoms with van der Waals surface area (Å²) in [6, 6.07) is 0. The first-order valence-electron chi connectivity index (χ1n) is 7.13. The molecular formula is C14H19BrN2O2. The molecule has 0 amide bonds. The Morgan fingerprint density at radius 1 is 1.11 bits per heavy atom. The average molecular weight is 327 g/mol. The van der Waals surface area contributed by atoms with E-state index >= 15 is 0 Å². The number of H-pyrrole nitrogens is 1. The molecule has 19 heavy (non-hydrogen) atoms. The summed E-state index contributed by atoms with van der Waals surface area (Å²) in [5.41, 5.74) is 0.945. The first-order valence-corrected chi connectivity index (χ1v) is 7.92. The third-order valence-electron chi connectivity index (χ3n) is 4.26. The second kappa shape index (κ2) is 5.75. The standard InChI is InChI=1S/C14H19BrN2O2/c15-11-12(9-3-1-2-4-9)16-13(17-14(11)18)10-5-7-19-8-6-10/h9-10H,1-8H2,(H,16,17,18). The fourth-order valence-electron chi connectivity index (χ4n) is 3.13. The molecule has 5 heteroatoms. The molecule has 1 saturated carbocycles. The van der Waals surface area contributed by atoms with Crippen LogP contribution in [0.4, 0.5) is 0 Å². The van der Waals surface area contributed by atoms with Crippen LogP contribution in [0.5, 0.6) is 0 Å². The largest absolute Gasteiger partial charge is 0.381 e. The van der Waals surface area contributed by atoms with Gasteiger partial charge in [0.1, 0.15) is 10.3 Å². The summed E-state index contributed by atoms with van der Waals surface area (Å²) in [5, 5.41) is 0. The maximum Gasteiger partial charge on any atom is 0.265 e. The molecule has 0 aromatic carbocycles. The van der Waals surface area contributed by atoms with Gasteiger partial charge in [-0.1, -0.05) is 12.8 Å². The van der Waals surface area contributed by atoms with Crippen molar-refractivity contribution in [3.05, 3.63) is 26.3 Å². The SMILES string of the molecule is O=c1[nH]c(C2CCOCC2)nc(C2CCCC2)c1Br. The molecule has 0 radical (unpaired) electrons. The zero-order chi connectivity index (χ0) is 13.2. The summed E-state index contributed by atoms with van der Waals surface area (Å²) in [5.74, 6) is 1.66. The van der Waals surface area contributed by atoms with Gasteiger partial charge in [-0.25, -0.2) is 4.98 Å². The zero-order valence-corrected chi connectivity index (χ0v) is 12.5. The van der Waals surface area contributed by atoms with Gasteiger partial charge < -0.3 is 9.72 Å². The third kappa shape index (κ3) is 2.77. The minimum atomic E-state index is -0.0293. The molecule has 0 spiro atoms. The van der Waals surface area contributed by atoms with Crippen molar-refractivity contribution in [3.63, 3.8) is 0 Å². The van der Waals surface area contributed by atoms with Crippen molar-refractivity contribution in [2.45, 2.75) is 50.4 Å². The first kappa shape index (κ1) is 13.3. The molecule has 2 fully saturated rings. The summed E-state index contributed by atoms with van der Waals surface area (Å²) in [4.78, 5) is 19.8. The molecule has 3 rings (SSSR count). The predicted molar refractivity (Wildman–Crippen MR) is 76.6 cm³/mol. The monoisotopic (exact) mass is 326 g/mol. The number of aromatic nitrogens is 2. The molecule has 0 atom stereocenters. The Labute approximate surface area is 121 Å². The van der Waals surface area contributed by atoms with E-state index in [1.807, 2.05) is 0 Å². The summed E-state index contributed by atoms with van der Waals surface area (Å²) in [7, 11) is 0. The second-order valence-electron chi connectivity index (χ2n) is 5.52. The number of hydrogen-bond acceptors (Lipinski definition) is 3. The normalized spacial score (nSPS) is 21.9. The van der Waals surface area contributed by atoms with Crippen molar-refractivity contribution in [2.24, 2.45) is 0 Å². The van der Waals surface area contributed by atoms with Gasteiger partial charge in [0.15, 0.2) is 0 Å². The molecule has 1 aliphatic carbocycles. The van der Waals surface area contributed by atoms with Crippen LogP contribution in [0.15, 0.2) is 9.27 Å². The van der Waals surface area contributed by atoms with Gasteiger partial charge in [-0.05, 0) is 41.6 Å². The van der Waals surface area contributed by atoms with E-state index in [1.165, 1.54) is 12.8 Å². The lowest BCUT2D eigenvalue weighted by Gasteiger charge is -2.22. The highest BCUT2D eigenvalue weighted by molar-refractivity contribution is 9.10. The fourth-order valence-corrected chi connectivity index (χ4v) is 3.64. The van der Waals surface area contributed by atoms with Crippen molar-refractivity contribution in [1.29, 1.82) is 0 Å². The van der Waals surface area contributed by atoms with Crippen molar-refractivity contribution in [2.75, 3.05) is 13.2 Å². The number of hydrogen-bond donors (Lipinski definition) is 1. The third-order valence-corrected chi connectivity index (χ3v) is 5.02. The maximum atomic E-state index is 12.1. The molecule has 1 aromatic heterocycles. The lowest BCUT2D eigenvalue weighted by Crippen LogP contribution is -2.22. The van der Waals surface area contributed by atoms with Gasteiger partial charge in [-0.2, -0.15) is 0 Å². The van der Waals surface area contributed by atoms with Crippen molar-refractivity contribution in [3.8, 4) is 0 Å². The van der Waals surface area contributed by atoms with Gasteiger partial charge in [0.05, 0.1) is 5.69 Å². The van der Waals surface area contributed by atoms with E-state index in [0.717, 1.165) is 50.4 Å². The molecule has 1 N–H and O–H groups in total. The van der Waals surface area contributed by atoms with E-state index in [0.29, 0.717) is 16.3 Å². The molecule has 1 aromatic rings. The highest BCUT2D eigenvalue weighted by Crippen LogP contribution is 2.36. The molecule has 4 nitrogen and oxygen atoms in total. The highest BCUT2D eigenvalue weighted by atomic mass is 79.9. The van der Waals surface area contributed by atoms with Gasteiger partial charge in [0.25, 0.3) is 5.56 Å². The molecular weight excluding hydrogens is 308 g/mol. The van der Waals surface area contributed by atoms with Gasteiger partial charge >= 0.3 is 0 Å². The fraction of sp³-hybridized carbons (Fsp3) is 0.714. The summed E-state index contributed by atoms with van der Waals surface area (Å²) in [6.45, 7) is 1.53. The van der Waals surface area contributed by atoms with Crippen LogP contribution in [0.2, 0.25) is 0 Å². The Morgan fingerprint density at radius 2 is 1.79 bits per heavy atom. The lowest BCUT2D eigenvalue weighted by atomic mass is 9.98. The topological polar surface area (TPSA) is 55.0 Å². The summed E-state index contributed by atoms with van der Waals surface area (Å²) >= 11 is 3.42. The van der Waals surface area contributed by atoms with E-state index in [-0.39, 0.29) is 5.56 Å². The molecule has 2 aliphatic rings. The van der Waals surface area contributed by atoms with E-state index in [9.17, 15) is 4.79 Å². The number of rotatable bonds is 2. The van der Waals surface area contributed by atoms with E-state index in [1.54, 1.807) is 0 Å². The van der Waals surface area contributed by atoms with Crippen LogP contribution in [0.25, 0.3) is 0 Å². The van der Waals surface area contributed by atoms with E-state index < -0.39 is 0 Å². The lowest BCUT2D eigenvalue weighted by molar-refractivity contribution is 0.0834. The molecule has 0 unspecified atom stereocenters. The van der Waals surface area contributed by atoms with E-state index in [4.69, 9.17) is 9.72 Å². The van der Waals surface area contributed by atoms with Crippen LogP contribution in [0, 0.1) is 0 Å². The average Bonchev–Trinajstić information content (AvgIpc) is 2.96. The number of aromatic amines is 1. The zero-order valence-electron chi connectivity index (χ0n) is 11.0. The molecule has 2 heterocycles. The van der Waals surface area contributed by atoms with Gasteiger partial charge in [-0.15, -0.1) is 0 Å². The smallest absolute Gasteiger partial charge is 0.265 e. The molecule has 0 bridgehead atoms. The van der Waals surface area contributed by atoms with Crippen LogP contribution >= 0.6 is 15.9 Å². The van der Waals surface area contributed by atoms with Gasteiger partial charge in [-0.3, -0.25) is 4.79 Å². The van der Waals surface area contributed by atoms with Crippen molar-refractivity contribution < 1.29 is 4.74 Å². The van der Waals surface area contributed by atoms with Crippen LogP contribution in [-0.4, -0.2) is 23.2 Å².